The van der Waals surface area contributed by atoms with Gasteiger partial charge in [0.05, 0.1) is 22.8 Å². The Hall–Kier alpha value is -3.96. The van der Waals surface area contributed by atoms with Gasteiger partial charge in [-0.15, -0.1) is 0 Å². The van der Waals surface area contributed by atoms with Crippen LogP contribution in [0.1, 0.15) is 41.4 Å². The zero-order valence-electron chi connectivity index (χ0n) is 27.3. The first-order valence-electron chi connectivity index (χ1n) is 14.5. The van der Waals surface area contributed by atoms with Crippen molar-refractivity contribution >= 4 is 23.8 Å². The Bertz CT molecular complexity index is 1270. The number of hydrogen-bond acceptors (Lipinski definition) is 13. The largest absolute Gasteiger partial charge is 0.478 e. The molecule has 0 saturated heterocycles. The molecule has 15 heteroatoms. The molecule has 2 aromatic rings. The van der Waals surface area contributed by atoms with E-state index in [0.29, 0.717) is 0 Å². The average Bonchev–Trinajstić information content (AvgIpc) is 3.10. The number of benzene rings is 2. The number of ether oxygens (including phenoxy) is 8. The van der Waals surface area contributed by atoms with Crippen molar-refractivity contribution in [2.75, 3.05) is 69.0 Å². The Morgan fingerprint density at radius 2 is 0.979 bits per heavy atom. The number of methoxy groups -OCH3 is 6. The number of carbonyl (C=O) groups is 4. The van der Waals surface area contributed by atoms with Crippen molar-refractivity contribution in [3.05, 3.63) is 70.8 Å². The highest BCUT2D eigenvalue weighted by Crippen LogP contribution is 2.15. The highest BCUT2D eigenvalue weighted by Gasteiger charge is 2.32. The standard InChI is InChI=1S/C32H44N2O13/c1-40-23(15-33)27(44-5)25(42-3)17-46-31(38)21-11-13-22(14-12-21)32(39)47-18-26(43-4)28(45-6)24(41-2)16-34-29(35)19-7-9-20(10-8-19)30(36)37/h7-14,23-28H,15-18,33H2,1-6H3,(H,34,35)(H,36,37)/t23-,24-,25+,26+,27+,28+/m0/s1. The first-order chi connectivity index (χ1) is 22.6. The number of carboxylic acids is 1. The van der Waals surface area contributed by atoms with E-state index in [1.54, 1.807) is 0 Å². The van der Waals surface area contributed by atoms with Crippen molar-refractivity contribution < 1.29 is 62.2 Å². The summed E-state index contributed by atoms with van der Waals surface area (Å²) < 4.78 is 43.6. The molecular weight excluding hydrogens is 620 g/mol. The third-order valence-electron chi connectivity index (χ3n) is 7.42. The molecule has 0 aliphatic heterocycles. The summed E-state index contributed by atoms with van der Waals surface area (Å²) in [5, 5.41) is 11.8. The fraction of sp³-hybridized carbons (Fsp3) is 0.500. The zero-order chi connectivity index (χ0) is 34.9. The molecule has 0 saturated carbocycles. The van der Waals surface area contributed by atoms with Gasteiger partial charge in [0.15, 0.2) is 0 Å². The van der Waals surface area contributed by atoms with Crippen LogP contribution in [-0.4, -0.2) is 135 Å². The molecular formula is C32H44N2O13. The van der Waals surface area contributed by atoms with Gasteiger partial charge in [0.2, 0.25) is 0 Å². The van der Waals surface area contributed by atoms with Crippen molar-refractivity contribution in [1.29, 1.82) is 0 Å². The molecule has 47 heavy (non-hydrogen) atoms. The summed E-state index contributed by atoms with van der Waals surface area (Å²) in [7, 11) is 8.69. The van der Waals surface area contributed by atoms with E-state index in [0.717, 1.165) is 0 Å². The van der Waals surface area contributed by atoms with Crippen LogP contribution >= 0.6 is 0 Å². The summed E-state index contributed by atoms with van der Waals surface area (Å²) in [6.07, 6.45) is -3.92. The summed E-state index contributed by atoms with van der Waals surface area (Å²) in [4.78, 5) is 49.1. The van der Waals surface area contributed by atoms with Gasteiger partial charge in [0.1, 0.15) is 43.7 Å². The van der Waals surface area contributed by atoms with Gasteiger partial charge in [-0.05, 0) is 48.5 Å². The summed E-state index contributed by atoms with van der Waals surface area (Å²) in [6, 6.07) is 11.2. The molecule has 0 spiro atoms. The Morgan fingerprint density at radius 3 is 1.34 bits per heavy atom. The maximum atomic E-state index is 12.8. The molecule has 0 bridgehead atoms. The van der Waals surface area contributed by atoms with E-state index in [-0.39, 0.29) is 48.6 Å². The molecule has 0 aliphatic carbocycles. The van der Waals surface area contributed by atoms with E-state index >= 15 is 0 Å². The van der Waals surface area contributed by atoms with Gasteiger partial charge in [0.25, 0.3) is 5.91 Å². The summed E-state index contributed by atoms with van der Waals surface area (Å²) >= 11 is 0. The maximum absolute atomic E-state index is 12.8. The van der Waals surface area contributed by atoms with Gasteiger partial charge in [-0.25, -0.2) is 14.4 Å². The van der Waals surface area contributed by atoms with Crippen molar-refractivity contribution in [2.24, 2.45) is 5.73 Å². The lowest BCUT2D eigenvalue weighted by Gasteiger charge is -2.30. The van der Waals surface area contributed by atoms with Crippen molar-refractivity contribution in [3.63, 3.8) is 0 Å². The van der Waals surface area contributed by atoms with Crippen LogP contribution in [0.15, 0.2) is 48.5 Å². The number of esters is 2. The van der Waals surface area contributed by atoms with Crippen LogP contribution in [0.5, 0.6) is 0 Å². The van der Waals surface area contributed by atoms with E-state index in [9.17, 15) is 19.2 Å². The van der Waals surface area contributed by atoms with Crippen LogP contribution in [0.25, 0.3) is 0 Å². The highest BCUT2D eigenvalue weighted by molar-refractivity contribution is 5.96. The molecule has 0 aromatic heterocycles. The minimum absolute atomic E-state index is 0.0110. The number of amides is 1. The first kappa shape index (κ1) is 39.2. The molecule has 4 N–H and O–H groups in total. The second-order valence-electron chi connectivity index (χ2n) is 10.1. The van der Waals surface area contributed by atoms with E-state index in [1.165, 1.54) is 91.2 Å². The first-order valence-corrected chi connectivity index (χ1v) is 14.5. The number of nitrogens with two attached hydrogens (primary N) is 1. The van der Waals surface area contributed by atoms with E-state index < -0.39 is 60.4 Å². The molecule has 6 atom stereocenters. The molecule has 260 valence electrons. The topological polar surface area (TPSA) is 200 Å². The van der Waals surface area contributed by atoms with Crippen LogP contribution in [0.2, 0.25) is 0 Å². The van der Waals surface area contributed by atoms with Crippen LogP contribution in [0, 0.1) is 0 Å². The number of carbonyl (C=O) groups excluding carboxylic acids is 3. The minimum atomic E-state index is -1.10. The van der Waals surface area contributed by atoms with Gasteiger partial charge >= 0.3 is 17.9 Å². The molecule has 0 fully saturated rings. The predicted octanol–water partition coefficient (Wildman–Crippen LogP) is 1.18. The Balaban J connectivity index is 1.95. The van der Waals surface area contributed by atoms with Crippen LogP contribution in [0.4, 0.5) is 0 Å². The van der Waals surface area contributed by atoms with Gasteiger partial charge in [0, 0.05) is 61.3 Å². The monoisotopic (exact) mass is 664 g/mol. The number of carboxylic acid groups (broad SMARTS) is 1. The number of nitrogens with one attached hydrogen (secondary N) is 1. The normalized spacial score (nSPS) is 15.0. The molecule has 0 radical (unpaired) electrons. The number of aromatic carboxylic acids is 1. The van der Waals surface area contributed by atoms with Gasteiger partial charge in [-0.1, -0.05) is 0 Å². The van der Waals surface area contributed by atoms with Gasteiger partial charge < -0.3 is 54.1 Å². The van der Waals surface area contributed by atoms with Crippen molar-refractivity contribution in [3.8, 4) is 0 Å². The van der Waals surface area contributed by atoms with Gasteiger partial charge in [-0.3, -0.25) is 4.79 Å². The van der Waals surface area contributed by atoms with E-state index in [4.69, 9.17) is 48.7 Å². The van der Waals surface area contributed by atoms with Crippen LogP contribution in [-0.2, 0) is 37.9 Å². The highest BCUT2D eigenvalue weighted by atomic mass is 16.6. The lowest BCUT2D eigenvalue weighted by Crippen LogP contribution is -2.49. The van der Waals surface area contributed by atoms with Crippen LogP contribution in [0.3, 0.4) is 0 Å². The fourth-order valence-electron chi connectivity index (χ4n) is 4.66. The summed E-state index contributed by atoms with van der Waals surface area (Å²) in [5.74, 6) is -2.86. The zero-order valence-corrected chi connectivity index (χ0v) is 27.3. The lowest BCUT2D eigenvalue weighted by atomic mass is 10.1. The third kappa shape index (κ3) is 11.4. The molecule has 0 heterocycles. The fourth-order valence-corrected chi connectivity index (χ4v) is 4.66. The Morgan fingerprint density at radius 1 is 0.596 bits per heavy atom. The summed E-state index contributed by atoms with van der Waals surface area (Å²) in [6.45, 7) is -0.150. The molecule has 2 rings (SSSR count). The second-order valence-corrected chi connectivity index (χ2v) is 10.1. The second kappa shape index (κ2) is 20.3. The molecule has 1 amide bonds. The SMILES string of the molecule is CO[C@H]([C@H](CN)OC)[C@@H](COC(=O)c1ccc(C(=O)OC[C@@H](OC)[C@H](OC)[C@H](CNC(=O)c2ccc(C(=O)O)cc2)OC)cc1)OC. The Kier molecular flexibility index (Phi) is 17.0. The average molecular weight is 665 g/mol. The predicted molar refractivity (Wildman–Crippen MR) is 167 cm³/mol. The van der Waals surface area contributed by atoms with E-state index in [1.807, 2.05) is 0 Å². The molecule has 0 aliphatic rings. The lowest BCUT2D eigenvalue weighted by molar-refractivity contribution is -0.119. The maximum Gasteiger partial charge on any atom is 0.338 e. The quantitative estimate of drug-likeness (QED) is 0.161. The molecule has 2 aromatic carbocycles. The van der Waals surface area contributed by atoms with Crippen molar-refractivity contribution in [1.82, 2.24) is 5.32 Å². The third-order valence-corrected chi connectivity index (χ3v) is 7.42. The van der Waals surface area contributed by atoms with Gasteiger partial charge in [-0.2, -0.15) is 0 Å². The number of hydrogen-bond donors (Lipinski definition) is 3. The van der Waals surface area contributed by atoms with Crippen LogP contribution < -0.4 is 11.1 Å². The Labute approximate surface area is 273 Å². The van der Waals surface area contributed by atoms with Crippen molar-refractivity contribution in [2.45, 2.75) is 36.6 Å². The smallest absolute Gasteiger partial charge is 0.338 e. The van der Waals surface area contributed by atoms with E-state index in [2.05, 4.69) is 5.32 Å². The molecule has 0 unspecified atom stereocenters. The molecule has 15 nitrogen and oxygen atoms in total. The number of rotatable bonds is 21. The minimum Gasteiger partial charge on any atom is -0.478 e. The summed E-state index contributed by atoms with van der Waals surface area (Å²) in [5.41, 5.74) is 6.41.